The highest BCUT2D eigenvalue weighted by molar-refractivity contribution is 5.85. The molecule has 0 bridgehead atoms. The highest BCUT2D eigenvalue weighted by Crippen LogP contribution is 2.18. The molecule has 0 amide bonds. The average molecular weight is 402 g/mol. The van der Waals surface area contributed by atoms with Gasteiger partial charge in [-0.15, -0.1) is 12.4 Å². The molecule has 3 rings (SSSR count). The second-order valence-corrected chi connectivity index (χ2v) is 6.27. The molecule has 0 aromatic heterocycles. The Labute approximate surface area is 171 Å². The molecule has 0 unspecified atom stereocenters. The summed E-state index contributed by atoms with van der Waals surface area (Å²) in [7, 11) is 1.69. The summed E-state index contributed by atoms with van der Waals surface area (Å²) >= 11 is 0. The lowest BCUT2D eigenvalue weighted by atomic mass is 10.1. The Balaban J connectivity index is 0.00000280. The van der Waals surface area contributed by atoms with Gasteiger partial charge in [-0.05, 0) is 48.4 Å². The molecule has 0 fully saturated rings. The molecule has 3 aromatic carbocycles. The highest BCUT2D eigenvalue weighted by Gasteiger charge is 2.04. The fourth-order valence-electron chi connectivity index (χ4n) is 2.89. The van der Waals surface area contributed by atoms with Crippen molar-refractivity contribution in [2.24, 2.45) is 0 Å². The summed E-state index contributed by atoms with van der Waals surface area (Å²) < 4.78 is 24.8. The van der Waals surface area contributed by atoms with Gasteiger partial charge in [0.05, 0.1) is 7.11 Å². The fraction of sp³-hybridized carbons (Fsp3) is 0.217. The Morgan fingerprint density at radius 1 is 0.893 bits per heavy atom. The van der Waals surface area contributed by atoms with E-state index in [1.54, 1.807) is 19.2 Å². The smallest absolute Gasteiger partial charge is 0.129 e. The second-order valence-electron chi connectivity index (χ2n) is 6.27. The third-order valence-corrected chi connectivity index (χ3v) is 4.34. The van der Waals surface area contributed by atoms with Gasteiger partial charge in [0, 0.05) is 12.1 Å². The first kappa shape index (κ1) is 21.7. The lowest BCUT2D eigenvalue weighted by Crippen LogP contribution is -2.17. The number of hydrogen-bond donors (Lipinski definition) is 1. The van der Waals surface area contributed by atoms with Crippen LogP contribution in [0.25, 0.3) is 0 Å². The molecule has 148 valence electrons. The SMILES string of the molecule is COc1ccccc1CCNCc1cccc(OCc2ccccc2F)c1.Cl. The minimum atomic E-state index is -0.244. The highest BCUT2D eigenvalue weighted by atomic mass is 35.5. The van der Waals surface area contributed by atoms with E-state index >= 15 is 0 Å². The normalized spacial score (nSPS) is 10.2. The summed E-state index contributed by atoms with van der Waals surface area (Å²) in [4.78, 5) is 0. The zero-order valence-electron chi connectivity index (χ0n) is 15.9. The number of halogens is 2. The summed E-state index contributed by atoms with van der Waals surface area (Å²) in [5.41, 5.74) is 2.87. The van der Waals surface area contributed by atoms with E-state index in [0.29, 0.717) is 5.56 Å². The van der Waals surface area contributed by atoms with Gasteiger partial charge in [0.15, 0.2) is 0 Å². The van der Waals surface area contributed by atoms with Crippen LogP contribution in [-0.4, -0.2) is 13.7 Å². The number of ether oxygens (including phenoxy) is 2. The molecule has 0 radical (unpaired) electrons. The van der Waals surface area contributed by atoms with Crippen LogP contribution in [0.15, 0.2) is 72.8 Å². The van der Waals surface area contributed by atoms with Gasteiger partial charge in [-0.2, -0.15) is 0 Å². The Morgan fingerprint density at radius 3 is 2.43 bits per heavy atom. The minimum Gasteiger partial charge on any atom is -0.496 e. The van der Waals surface area contributed by atoms with Gasteiger partial charge in [0.25, 0.3) is 0 Å². The van der Waals surface area contributed by atoms with Crippen molar-refractivity contribution in [3.05, 3.63) is 95.3 Å². The first-order chi connectivity index (χ1) is 13.3. The van der Waals surface area contributed by atoms with E-state index < -0.39 is 0 Å². The van der Waals surface area contributed by atoms with E-state index in [2.05, 4.69) is 11.4 Å². The Bertz CT molecular complexity index is 872. The summed E-state index contributed by atoms with van der Waals surface area (Å²) in [5, 5.41) is 3.44. The van der Waals surface area contributed by atoms with Gasteiger partial charge in [-0.3, -0.25) is 0 Å². The number of benzene rings is 3. The Hall–Kier alpha value is -2.56. The van der Waals surface area contributed by atoms with Crippen molar-refractivity contribution in [1.29, 1.82) is 0 Å². The fourth-order valence-corrected chi connectivity index (χ4v) is 2.89. The minimum absolute atomic E-state index is 0. The Morgan fingerprint density at radius 2 is 1.64 bits per heavy atom. The van der Waals surface area contributed by atoms with Crippen LogP contribution < -0.4 is 14.8 Å². The van der Waals surface area contributed by atoms with Crippen molar-refractivity contribution >= 4 is 12.4 Å². The quantitative estimate of drug-likeness (QED) is 0.502. The lowest BCUT2D eigenvalue weighted by Gasteiger charge is -2.11. The molecule has 0 saturated carbocycles. The van der Waals surface area contributed by atoms with Crippen LogP contribution in [0.1, 0.15) is 16.7 Å². The monoisotopic (exact) mass is 401 g/mol. The topological polar surface area (TPSA) is 30.5 Å². The maximum atomic E-state index is 13.7. The van der Waals surface area contributed by atoms with Crippen molar-refractivity contribution in [3.63, 3.8) is 0 Å². The van der Waals surface area contributed by atoms with Gasteiger partial charge in [-0.1, -0.05) is 48.5 Å². The van der Waals surface area contributed by atoms with Crippen LogP contribution in [0.3, 0.4) is 0 Å². The van der Waals surface area contributed by atoms with Crippen LogP contribution in [0.2, 0.25) is 0 Å². The summed E-state index contributed by atoms with van der Waals surface area (Å²) in [6.45, 7) is 1.81. The standard InChI is InChI=1S/C23H24FNO2.ClH/c1-26-23-12-5-3-8-19(23)13-14-25-16-18-7-6-10-21(15-18)27-17-20-9-2-4-11-22(20)24;/h2-12,15,25H,13-14,16-17H2,1H3;1H. The van der Waals surface area contributed by atoms with Crippen molar-refractivity contribution in [2.45, 2.75) is 19.6 Å². The van der Waals surface area contributed by atoms with Gasteiger partial charge in [-0.25, -0.2) is 4.39 Å². The van der Waals surface area contributed by atoms with E-state index in [1.807, 2.05) is 48.5 Å². The molecule has 3 nitrogen and oxygen atoms in total. The van der Waals surface area contributed by atoms with Gasteiger partial charge >= 0.3 is 0 Å². The number of rotatable bonds is 9. The van der Waals surface area contributed by atoms with E-state index in [4.69, 9.17) is 9.47 Å². The third kappa shape index (κ3) is 6.25. The molecule has 0 aliphatic carbocycles. The van der Waals surface area contributed by atoms with Crippen LogP contribution >= 0.6 is 12.4 Å². The van der Waals surface area contributed by atoms with Crippen molar-refractivity contribution in [3.8, 4) is 11.5 Å². The van der Waals surface area contributed by atoms with Crippen LogP contribution in [-0.2, 0) is 19.6 Å². The van der Waals surface area contributed by atoms with Crippen molar-refractivity contribution in [2.75, 3.05) is 13.7 Å². The summed E-state index contributed by atoms with van der Waals surface area (Å²) in [6.07, 6.45) is 0.896. The summed E-state index contributed by atoms with van der Waals surface area (Å²) in [6, 6.07) is 22.6. The van der Waals surface area contributed by atoms with E-state index in [-0.39, 0.29) is 24.8 Å². The predicted molar refractivity (Wildman–Crippen MR) is 113 cm³/mol. The van der Waals surface area contributed by atoms with Crippen LogP contribution in [0, 0.1) is 5.82 Å². The number of nitrogens with one attached hydrogen (secondary N) is 1. The first-order valence-corrected chi connectivity index (χ1v) is 9.04. The number of para-hydroxylation sites is 1. The average Bonchev–Trinajstić information content (AvgIpc) is 2.71. The maximum absolute atomic E-state index is 13.7. The van der Waals surface area contributed by atoms with Crippen molar-refractivity contribution in [1.82, 2.24) is 5.32 Å². The molecule has 0 heterocycles. The van der Waals surface area contributed by atoms with Crippen molar-refractivity contribution < 1.29 is 13.9 Å². The molecule has 1 N–H and O–H groups in total. The van der Waals surface area contributed by atoms with E-state index in [1.165, 1.54) is 11.6 Å². The zero-order valence-corrected chi connectivity index (χ0v) is 16.7. The molecule has 0 atom stereocenters. The molecular weight excluding hydrogens is 377 g/mol. The van der Waals surface area contributed by atoms with Gasteiger partial charge in [0.2, 0.25) is 0 Å². The van der Waals surface area contributed by atoms with Crippen LogP contribution in [0.4, 0.5) is 4.39 Å². The largest absolute Gasteiger partial charge is 0.496 e. The molecule has 3 aromatic rings. The molecule has 28 heavy (non-hydrogen) atoms. The second kappa shape index (κ2) is 11.3. The Kier molecular flexibility index (Phi) is 8.79. The predicted octanol–water partition coefficient (Wildman–Crippen LogP) is 5.17. The first-order valence-electron chi connectivity index (χ1n) is 9.04. The van der Waals surface area contributed by atoms with E-state index in [0.717, 1.165) is 36.6 Å². The molecule has 0 spiro atoms. The molecular formula is C23H25ClFNO2. The molecule has 0 aliphatic rings. The maximum Gasteiger partial charge on any atom is 0.129 e. The van der Waals surface area contributed by atoms with E-state index in [9.17, 15) is 4.39 Å². The lowest BCUT2D eigenvalue weighted by molar-refractivity contribution is 0.299. The number of hydrogen-bond acceptors (Lipinski definition) is 3. The molecule has 5 heteroatoms. The van der Waals surface area contributed by atoms with Gasteiger partial charge in [0.1, 0.15) is 23.9 Å². The van der Waals surface area contributed by atoms with Crippen LogP contribution in [0.5, 0.6) is 11.5 Å². The molecule has 0 saturated heterocycles. The van der Waals surface area contributed by atoms with Gasteiger partial charge < -0.3 is 14.8 Å². The third-order valence-electron chi connectivity index (χ3n) is 4.34. The zero-order chi connectivity index (χ0) is 18.9. The molecule has 0 aliphatic heterocycles. The number of methoxy groups -OCH3 is 1. The summed E-state index contributed by atoms with van der Waals surface area (Å²) in [5.74, 6) is 1.41.